The molecule has 0 aliphatic rings. The second kappa shape index (κ2) is 9.15. The Morgan fingerprint density at radius 2 is 1.73 bits per heavy atom. The minimum Gasteiger partial charge on any atom is -0.207 e. The summed E-state index contributed by atoms with van der Waals surface area (Å²) in [4.78, 5) is 0. The van der Waals surface area contributed by atoms with Gasteiger partial charge in [0.25, 0.3) is 0 Å². The minimum atomic E-state index is -0.224. The van der Waals surface area contributed by atoms with E-state index in [0.29, 0.717) is 0 Å². The highest BCUT2D eigenvalue weighted by molar-refractivity contribution is 5.20. The van der Waals surface area contributed by atoms with E-state index in [1.54, 1.807) is 13.0 Å². The Kier molecular flexibility index (Phi) is 10.6. The van der Waals surface area contributed by atoms with Gasteiger partial charge in [0, 0.05) is 0 Å². The average Bonchev–Trinajstić information content (AvgIpc) is 2.04. The molecule has 0 saturated carbocycles. The van der Waals surface area contributed by atoms with Crippen LogP contribution in [-0.2, 0) is 0 Å². The number of halogens is 1. The molecule has 0 spiro atoms. The van der Waals surface area contributed by atoms with E-state index in [0.717, 1.165) is 5.57 Å². The molecule has 0 rings (SSSR count). The summed E-state index contributed by atoms with van der Waals surface area (Å²) in [6.45, 7) is 11.1. The second-order valence-corrected chi connectivity index (χ2v) is 1.85. The van der Waals surface area contributed by atoms with Crippen molar-refractivity contribution < 1.29 is 4.39 Å². The van der Waals surface area contributed by atoms with Crippen LogP contribution in [0.5, 0.6) is 0 Å². The van der Waals surface area contributed by atoms with Crippen molar-refractivity contribution in [1.29, 1.82) is 0 Å². The summed E-state index contributed by atoms with van der Waals surface area (Å²) in [7, 11) is 0. The van der Waals surface area contributed by atoms with Gasteiger partial charge in [-0.05, 0) is 19.9 Å². The first kappa shape index (κ1) is 12.8. The van der Waals surface area contributed by atoms with Crippen LogP contribution < -0.4 is 0 Å². The summed E-state index contributed by atoms with van der Waals surface area (Å²) in [6.07, 6.45) is 4.43. The van der Waals surface area contributed by atoms with Gasteiger partial charge >= 0.3 is 0 Å². The molecule has 0 fully saturated rings. The van der Waals surface area contributed by atoms with E-state index in [1.165, 1.54) is 12.2 Å². The zero-order valence-electron chi connectivity index (χ0n) is 7.82. The van der Waals surface area contributed by atoms with Crippen molar-refractivity contribution in [3.05, 3.63) is 36.2 Å². The third-order valence-electron chi connectivity index (χ3n) is 0.803. The highest BCUT2D eigenvalue weighted by Gasteiger charge is 1.80. The summed E-state index contributed by atoms with van der Waals surface area (Å²) in [5.74, 6) is -0.224. The zero-order chi connectivity index (χ0) is 9.28. The normalized spacial score (nSPS) is 10.8. The quantitative estimate of drug-likeness (QED) is 0.530. The smallest absolute Gasteiger partial charge is 0.118 e. The predicted octanol–water partition coefficient (Wildman–Crippen LogP) is 4.02. The molecule has 0 N–H and O–H groups in total. The van der Waals surface area contributed by atoms with E-state index in [1.807, 2.05) is 20.8 Å². The van der Waals surface area contributed by atoms with Crippen LogP contribution in [0.4, 0.5) is 4.39 Å². The van der Waals surface area contributed by atoms with Crippen LogP contribution >= 0.6 is 0 Å². The standard InChI is InChI=1S/C8H11F.C2H6/c1-4-8(9)6-5-7(2)3;1-2/h4-6H,2H2,1,3H3;1-2H3/b6-5-,8-4+;. The lowest BCUT2D eigenvalue weighted by atomic mass is 10.3. The molecule has 0 radical (unpaired) electrons. The Balaban J connectivity index is 0. The molecule has 0 amide bonds. The molecule has 0 bridgehead atoms. The summed E-state index contributed by atoms with van der Waals surface area (Å²) >= 11 is 0. The fourth-order valence-electron chi connectivity index (χ4n) is 0.318. The third-order valence-corrected chi connectivity index (χ3v) is 0.803. The van der Waals surface area contributed by atoms with Crippen LogP contribution in [0.3, 0.4) is 0 Å². The van der Waals surface area contributed by atoms with Gasteiger partial charge in [-0.1, -0.05) is 38.2 Å². The Labute approximate surface area is 69.1 Å². The molecule has 0 aliphatic carbocycles. The molecule has 64 valence electrons. The number of rotatable bonds is 2. The molecule has 0 aliphatic heterocycles. The van der Waals surface area contributed by atoms with Crippen molar-refractivity contribution in [3.63, 3.8) is 0 Å². The molecular formula is C10H17F. The highest BCUT2D eigenvalue weighted by atomic mass is 19.1. The molecule has 11 heavy (non-hydrogen) atoms. The van der Waals surface area contributed by atoms with Crippen LogP contribution in [0.25, 0.3) is 0 Å². The van der Waals surface area contributed by atoms with Crippen molar-refractivity contribution in [1.82, 2.24) is 0 Å². The lowest BCUT2D eigenvalue weighted by molar-refractivity contribution is 0.665. The Morgan fingerprint density at radius 3 is 2.00 bits per heavy atom. The van der Waals surface area contributed by atoms with Gasteiger partial charge in [0.15, 0.2) is 0 Å². The van der Waals surface area contributed by atoms with Gasteiger partial charge in [0.2, 0.25) is 0 Å². The summed E-state index contributed by atoms with van der Waals surface area (Å²) in [6, 6.07) is 0. The van der Waals surface area contributed by atoms with E-state index in [-0.39, 0.29) is 5.83 Å². The minimum absolute atomic E-state index is 0.224. The van der Waals surface area contributed by atoms with E-state index >= 15 is 0 Å². The maximum atomic E-state index is 12.2. The van der Waals surface area contributed by atoms with Crippen LogP contribution in [0.15, 0.2) is 36.2 Å². The van der Waals surface area contributed by atoms with Crippen molar-refractivity contribution in [3.8, 4) is 0 Å². The molecule has 0 unspecified atom stereocenters. The molecule has 0 saturated heterocycles. The second-order valence-electron chi connectivity index (χ2n) is 1.85. The van der Waals surface area contributed by atoms with E-state index < -0.39 is 0 Å². The van der Waals surface area contributed by atoms with E-state index in [4.69, 9.17) is 0 Å². The fraction of sp³-hybridized carbons (Fsp3) is 0.400. The van der Waals surface area contributed by atoms with Gasteiger partial charge < -0.3 is 0 Å². The lowest BCUT2D eigenvalue weighted by Crippen LogP contribution is -1.63. The average molecular weight is 156 g/mol. The highest BCUT2D eigenvalue weighted by Crippen LogP contribution is 1.99. The zero-order valence-corrected chi connectivity index (χ0v) is 7.82. The Hall–Kier alpha value is -0.850. The van der Waals surface area contributed by atoms with Gasteiger partial charge in [0.1, 0.15) is 5.83 Å². The number of hydrogen-bond donors (Lipinski definition) is 0. The maximum absolute atomic E-state index is 12.2. The first-order valence-electron chi connectivity index (χ1n) is 3.82. The molecule has 0 aromatic carbocycles. The van der Waals surface area contributed by atoms with Gasteiger partial charge in [-0.2, -0.15) is 0 Å². The Bertz CT molecular complexity index is 152. The summed E-state index contributed by atoms with van der Waals surface area (Å²) in [5, 5.41) is 0. The van der Waals surface area contributed by atoms with Crippen molar-refractivity contribution in [2.45, 2.75) is 27.7 Å². The third kappa shape index (κ3) is 12.4. The van der Waals surface area contributed by atoms with E-state index in [9.17, 15) is 4.39 Å². The largest absolute Gasteiger partial charge is 0.207 e. The molecule has 0 atom stereocenters. The maximum Gasteiger partial charge on any atom is 0.118 e. The number of allylic oxidation sites excluding steroid dienone is 5. The lowest BCUT2D eigenvalue weighted by Gasteiger charge is -1.83. The Morgan fingerprint density at radius 1 is 1.27 bits per heavy atom. The molecule has 1 heteroatoms. The molecule has 0 nitrogen and oxygen atoms in total. The molecule has 0 heterocycles. The number of hydrogen-bond acceptors (Lipinski definition) is 0. The van der Waals surface area contributed by atoms with Crippen molar-refractivity contribution in [2.75, 3.05) is 0 Å². The first-order valence-corrected chi connectivity index (χ1v) is 3.82. The van der Waals surface area contributed by atoms with Crippen molar-refractivity contribution in [2.24, 2.45) is 0 Å². The van der Waals surface area contributed by atoms with E-state index in [2.05, 4.69) is 6.58 Å². The van der Waals surface area contributed by atoms with Gasteiger partial charge in [-0.15, -0.1) is 0 Å². The van der Waals surface area contributed by atoms with Gasteiger partial charge in [-0.25, -0.2) is 4.39 Å². The van der Waals surface area contributed by atoms with Gasteiger partial charge in [0.05, 0.1) is 0 Å². The molecule has 0 aromatic rings. The summed E-state index contributed by atoms with van der Waals surface area (Å²) in [5.41, 5.74) is 0.854. The summed E-state index contributed by atoms with van der Waals surface area (Å²) < 4.78 is 12.2. The predicted molar refractivity (Wildman–Crippen MR) is 50.2 cm³/mol. The first-order chi connectivity index (χ1) is 5.16. The molecular weight excluding hydrogens is 139 g/mol. The van der Waals surface area contributed by atoms with Crippen LogP contribution in [-0.4, -0.2) is 0 Å². The van der Waals surface area contributed by atoms with Crippen LogP contribution in [0.1, 0.15) is 27.7 Å². The van der Waals surface area contributed by atoms with Crippen LogP contribution in [0, 0.1) is 0 Å². The SMILES string of the molecule is C=C(C)/C=C\C(F)=C/C.CC. The van der Waals surface area contributed by atoms with Crippen molar-refractivity contribution >= 4 is 0 Å². The topological polar surface area (TPSA) is 0 Å². The molecule has 0 aromatic heterocycles. The monoisotopic (exact) mass is 156 g/mol. The fourth-order valence-corrected chi connectivity index (χ4v) is 0.318. The van der Waals surface area contributed by atoms with Crippen LogP contribution in [0.2, 0.25) is 0 Å². The van der Waals surface area contributed by atoms with Gasteiger partial charge in [-0.3, -0.25) is 0 Å².